The Morgan fingerprint density at radius 1 is 1.14 bits per heavy atom. The maximum absolute atomic E-state index is 12.6. The van der Waals surface area contributed by atoms with E-state index in [1.165, 1.54) is 6.20 Å². The molecule has 0 bridgehead atoms. The van der Waals surface area contributed by atoms with Crippen LogP contribution in [0.15, 0.2) is 65.6 Å². The van der Waals surface area contributed by atoms with E-state index in [0.717, 1.165) is 5.69 Å². The van der Waals surface area contributed by atoms with E-state index >= 15 is 0 Å². The van der Waals surface area contributed by atoms with Crippen LogP contribution < -0.4 is 15.6 Å². The average molecular weight is 389 g/mol. The predicted octanol–water partition coefficient (Wildman–Crippen LogP) is 2.44. The Labute approximate surface area is 166 Å². The normalized spacial score (nSPS) is 10.8. The summed E-state index contributed by atoms with van der Waals surface area (Å²) in [5.41, 5.74) is 1.34. The number of hydrogen-bond donors (Lipinski definition) is 2. The minimum Gasteiger partial charge on any atom is -0.493 e. The van der Waals surface area contributed by atoms with Crippen LogP contribution in [-0.2, 0) is 6.54 Å². The number of para-hydroxylation sites is 2. The monoisotopic (exact) mass is 389 g/mol. The van der Waals surface area contributed by atoms with Gasteiger partial charge in [-0.2, -0.15) is 5.10 Å². The van der Waals surface area contributed by atoms with E-state index in [1.807, 2.05) is 37.3 Å². The number of fused-ring (bicyclic) bond motifs is 1. The van der Waals surface area contributed by atoms with Crippen LogP contribution in [0.25, 0.3) is 16.7 Å². The lowest BCUT2D eigenvalue weighted by molar-refractivity contribution is 0.0946. The van der Waals surface area contributed by atoms with Crippen LogP contribution in [-0.4, -0.2) is 32.3 Å². The molecule has 2 N–H and O–H groups in total. The van der Waals surface area contributed by atoms with Gasteiger partial charge in [0.15, 0.2) is 5.65 Å². The number of benzene rings is 2. The fourth-order valence-corrected chi connectivity index (χ4v) is 3.00. The Morgan fingerprint density at radius 2 is 1.90 bits per heavy atom. The topological polar surface area (TPSA) is 102 Å². The fraction of sp³-hybridized carbons (Fsp3) is 0.143. The minimum absolute atomic E-state index is 0.0600. The van der Waals surface area contributed by atoms with Crippen LogP contribution >= 0.6 is 0 Å². The maximum Gasteiger partial charge on any atom is 0.262 e. The molecule has 0 aliphatic carbocycles. The smallest absolute Gasteiger partial charge is 0.262 e. The molecular weight excluding hydrogens is 370 g/mol. The fourth-order valence-electron chi connectivity index (χ4n) is 3.00. The maximum atomic E-state index is 12.6. The first-order valence-electron chi connectivity index (χ1n) is 9.19. The number of H-pyrrole nitrogens is 1. The molecule has 2 aromatic heterocycles. The van der Waals surface area contributed by atoms with Crippen LogP contribution in [0.5, 0.6) is 5.75 Å². The van der Waals surface area contributed by atoms with E-state index in [9.17, 15) is 9.59 Å². The molecule has 0 saturated carbocycles. The number of aromatic amines is 1. The Kier molecular flexibility index (Phi) is 5.07. The SMILES string of the molecule is CCOc1ccccc1C(=O)NCc1nc2c(cnn2-c2ccccc2)c(=O)[nH]1. The molecule has 0 fully saturated rings. The van der Waals surface area contributed by atoms with Gasteiger partial charge in [-0.3, -0.25) is 9.59 Å². The highest BCUT2D eigenvalue weighted by molar-refractivity contribution is 5.96. The highest BCUT2D eigenvalue weighted by atomic mass is 16.5. The van der Waals surface area contributed by atoms with E-state index in [4.69, 9.17) is 4.74 Å². The van der Waals surface area contributed by atoms with Crippen LogP contribution in [0.1, 0.15) is 23.1 Å². The van der Waals surface area contributed by atoms with Gasteiger partial charge in [-0.15, -0.1) is 0 Å². The highest BCUT2D eigenvalue weighted by Gasteiger charge is 2.14. The molecule has 29 heavy (non-hydrogen) atoms. The van der Waals surface area contributed by atoms with Crippen LogP contribution in [0.2, 0.25) is 0 Å². The first-order valence-corrected chi connectivity index (χ1v) is 9.19. The van der Waals surface area contributed by atoms with Gasteiger partial charge >= 0.3 is 0 Å². The molecule has 0 atom stereocenters. The third kappa shape index (κ3) is 3.73. The molecule has 0 aliphatic rings. The second kappa shape index (κ2) is 7.97. The molecule has 4 aromatic rings. The standard InChI is InChI=1S/C21H19N5O3/c1-2-29-17-11-7-6-10-15(17)20(27)22-13-18-24-19-16(21(28)25-18)12-23-26(19)14-8-4-3-5-9-14/h3-12H,2,13H2,1H3,(H,22,27)(H,24,25,28). The number of carbonyl (C=O) groups excluding carboxylic acids is 1. The van der Waals surface area contributed by atoms with Gasteiger partial charge < -0.3 is 15.0 Å². The predicted molar refractivity (Wildman–Crippen MR) is 108 cm³/mol. The summed E-state index contributed by atoms with van der Waals surface area (Å²) >= 11 is 0. The lowest BCUT2D eigenvalue weighted by Crippen LogP contribution is -2.26. The lowest BCUT2D eigenvalue weighted by atomic mass is 10.2. The van der Waals surface area contributed by atoms with Crippen molar-refractivity contribution >= 4 is 16.9 Å². The molecule has 1 amide bonds. The third-order valence-corrected chi connectivity index (χ3v) is 4.34. The number of hydrogen-bond acceptors (Lipinski definition) is 5. The molecule has 0 saturated heterocycles. The Bertz CT molecular complexity index is 1210. The zero-order valence-corrected chi connectivity index (χ0v) is 15.8. The summed E-state index contributed by atoms with van der Waals surface area (Å²) in [6.45, 7) is 2.37. The van der Waals surface area contributed by atoms with E-state index in [1.54, 1.807) is 28.9 Å². The van der Waals surface area contributed by atoms with Gasteiger partial charge in [0, 0.05) is 0 Å². The van der Waals surface area contributed by atoms with Crippen molar-refractivity contribution in [2.24, 2.45) is 0 Å². The number of amides is 1. The van der Waals surface area contributed by atoms with Crippen molar-refractivity contribution in [3.63, 3.8) is 0 Å². The molecule has 0 radical (unpaired) electrons. The molecule has 4 rings (SSSR count). The van der Waals surface area contributed by atoms with Gasteiger partial charge in [0.1, 0.15) is 17.0 Å². The van der Waals surface area contributed by atoms with Crippen molar-refractivity contribution in [1.29, 1.82) is 0 Å². The van der Waals surface area contributed by atoms with Gasteiger partial charge in [0.2, 0.25) is 0 Å². The number of nitrogens with one attached hydrogen (secondary N) is 2. The second-order valence-corrected chi connectivity index (χ2v) is 6.25. The first kappa shape index (κ1) is 18.4. The molecule has 0 unspecified atom stereocenters. The summed E-state index contributed by atoms with van der Waals surface area (Å²) in [6.07, 6.45) is 1.48. The zero-order chi connectivity index (χ0) is 20.2. The second-order valence-electron chi connectivity index (χ2n) is 6.25. The quantitative estimate of drug-likeness (QED) is 0.527. The van der Waals surface area contributed by atoms with Crippen LogP contribution in [0, 0.1) is 0 Å². The largest absolute Gasteiger partial charge is 0.493 e. The molecule has 0 aliphatic heterocycles. The summed E-state index contributed by atoms with van der Waals surface area (Å²) in [7, 11) is 0. The molecule has 8 heteroatoms. The van der Waals surface area contributed by atoms with Gasteiger partial charge in [-0.25, -0.2) is 9.67 Å². The highest BCUT2D eigenvalue weighted by Crippen LogP contribution is 2.18. The number of ether oxygens (including phenoxy) is 1. The van der Waals surface area contributed by atoms with E-state index in [2.05, 4.69) is 20.4 Å². The molecule has 8 nitrogen and oxygen atoms in total. The molecular formula is C21H19N5O3. The van der Waals surface area contributed by atoms with Crippen molar-refractivity contribution in [3.8, 4) is 11.4 Å². The summed E-state index contributed by atoms with van der Waals surface area (Å²) in [5.74, 6) is 0.530. The van der Waals surface area contributed by atoms with E-state index < -0.39 is 0 Å². The van der Waals surface area contributed by atoms with Gasteiger partial charge in [-0.05, 0) is 31.2 Å². The number of aromatic nitrogens is 4. The van der Waals surface area contributed by atoms with Crippen LogP contribution in [0.3, 0.4) is 0 Å². The average Bonchev–Trinajstić information content (AvgIpc) is 3.18. The number of rotatable bonds is 6. The van der Waals surface area contributed by atoms with E-state index in [-0.39, 0.29) is 18.0 Å². The summed E-state index contributed by atoms with van der Waals surface area (Å²) in [6, 6.07) is 16.4. The Morgan fingerprint density at radius 3 is 2.69 bits per heavy atom. The third-order valence-electron chi connectivity index (χ3n) is 4.34. The lowest BCUT2D eigenvalue weighted by Gasteiger charge is -2.10. The summed E-state index contributed by atoms with van der Waals surface area (Å²) < 4.78 is 7.09. The summed E-state index contributed by atoms with van der Waals surface area (Å²) in [4.78, 5) is 32.2. The van der Waals surface area contributed by atoms with Crippen molar-refractivity contribution in [2.45, 2.75) is 13.5 Å². The molecule has 2 heterocycles. The van der Waals surface area contributed by atoms with Gasteiger partial charge in [0.25, 0.3) is 11.5 Å². The molecule has 0 spiro atoms. The van der Waals surface area contributed by atoms with Gasteiger partial charge in [0.05, 0.1) is 30.6 Å². The Hall–Kier alpha value is -3.94. The van der Waals surface area contributed by atoms with Crippen molar-refractivity contribution < 1.29 is 9.53 Å². The van der Waals surface area contributed by atoms with E-state index in [0.29, 0.717) is 34.8 Å². The number of nitrogens with zero attached hydrogens (tertiary/aromatic N) is 3. The van der Waals surface area contributed by atoms with Crippen molar-refractivity contribution in [2.75, 3.05) is 6.61 Å². The van der Waals surface area contributed by atoms with Crippen LogP contribution in [0.4, 0.5) is 0 Å². The molecule has 2 aromatic carbocycles. The number of carbonyl (C=O) groups is 1. The Balaban J connectivity index is 1.61. The van der Waals surface area contributed by atoms with Crippen molar-refractivity contribution in [1.82, 2.24) is 25.1 Å². The first-order chi connectivity index (χ1) is 14.2. The van der Waals surface area contributed by atoms with Gasteiger partial charge in [-0.1, -0.05) is 30.3 Å². The molecule has 146 valence electrons. The van der Waals surface area contributed by atoms with Crippen molar-refractivity contribution in [3.05, 3.63) is 82.5 Å². The zero-order valence-electron chi connectivity index (χ0n) is 15.8. The minimum atomic E-state index is -0.312. The summed E-state index contributed by atoms with van der Waals surface area (Å²) in [5, 5.41) is 7.43.